The number of hydrogen-bond donors (Lipinski definition) is 2. The van der Waals surface area contributed by atoms with Crippen molar-refractivity contribution >= 4 is 29.9 Å². The van der Waals surface area contributed by atoms with E-state index in [2.05, 4.69) is 21.5 Å². The summed E-state index contributed by atoms with van der Waals surface area (Å²) in [5.41, 5.74) is 0. The number of nitrogens with one attached hydrogen (secondary N) is 2. The Labute approximate surface area is 142 Å². The Morgan fingerprint density at radius 3 is 2.86 bits per heavy atom. The van der Waals surface area contributed by atoms with Gasteiger partial charge in [-0.1, -0.05) is 12.0 Å². The van der Waals surface area contributed by atoms with Gasteiger partial charge in [-0.05, 0) is 26.0 Å². The third-order valence-corrected chi connectivity index (χ3v) is 2.34. The molecule has 6 heteroatoms. The highest BCUT2D eigenvalue weighted by atomic mass is 127. The Balaban J connectivity index is 0.00000400. The summed E-state index contributed by atoms with van der Waals surface area (Å²) in [6.45, 7) is 5.44. The minimum Gasteiger partial charge on any atom is -0.489 e. The predicted molar refractivity (Wildman–Crippen MR) is 94.7 cm³/mol. The van der Waals surface area contributed by atoms with Crippen molar-refractivity contribution in [2.24, 2.45) is 4.99 Å². The zero-order chi connectivity index (χ0) is 14.8. The predicted octanol–water partition coefficient (Wildman–Crippen LogP) is 2.40. The van der Waals surface area contributed by atoms with E-state index < -0.39 is 0 Å². The Hall–Kier alpha value is -1.49. The number of hydrogen-bond acceptors (Lipinski definition) is 2. The molecule has 0 spiro atoms. The van der Waals surface area contributed by atoms with Crippen LogP contribution in [0.2, 0.25) is 0 Å². The molecule has 1 atom stereocenters. The normalized spacial score (nSPS) is 11.8. The van der Waals surface area contributed by atoms with Gasteiger partial charge in [0.2, 0.25) is 0 Å². The van der Waals surface area contributed by atoms with Crippen molar-refractivity contribution in [1.29, 1.82) is 0 Å². The Kier molecular flexibility index (Phi) is 10.4. The number of nitrogens with zero attached hydrogens (tertiary/aromatic N) is 1. The Morgan fingerprint density at radius 2 is 2.24 bits per heavy atom. The van der Waals surface area contributed by atoms with E-state index in [0.29, 0.717) is 24.8 Å². The SMILES string of the molecule is C#CCNC(=NCC(C)Oc1cccc(F)c1)NCC.I. The summed E-state index contributed by atoms with van der Waals surface area (Å²) in [5, 5.41) is 6.06. The number of guanidine groups is 1. The third kappa shape index (κ3) is 8.40. The lowest BCUT2D eigenvalue weighted by atomic mass is 10.3. The average molecular weight is 405 g/mol. The van der Waals surface area contributed by atoms with Crippen LogP contribution < -0.4 is 15.4 Å². The number of aliphatic imine (C=N–C) groups is 1. The topological polar surface area (TPSA) is 45.7 Å². The molecule has 1 unspecified atom stereocenters. The van der Waals surface area contributed by atoms with Crippen molar-refractivity contribution in [2.75, 3.05) is 19.6 Å². The fourth-order valence-electron chi connectivity index (χ4n) is 1.51. The number of rotatable bonds is 6. The lowest BCUT2D eigenvalue weighted by Crippen LogP contribution is -2.38. The number of halogens is 2. The van der Waals surface area contributed by atoms with Crippen molar-refractivity contribution in [3.8, 4) is 18.1 Å². The summed E-state index contributed by atoms with van der Waals surface area (Å²) in [5.74, 6) is 3.30. The molecule has 0 aliphatic carbocycles. The van der Waals surface area contributed by atoms with Crippen LogP contribution in [0.4, 0.5) is 4.39 Å². The van der Waals surface area contributed by atoms with Crippen molar-refractivity contribution in [2.45, 2.75) is 20.0 Å². The summed E-state index contributed by atoms with van der Waals surface area (Å²) >= 11 is 0. The molecule has 0 saturated heterocycles. The van der Waals surface area contributed by atoms with Gasteiger partial charge in [-0.2, -0.15) is 0 Å². The van der Waals surface area contributed by atoms with Crippen LogP contribution in [0.1, 0.15) is 13.8 Å². The van der Waals surface area contributed by atoms with Crippen LogP contribution in [-0.2, 0) is 0 Å². The highest BCUT2D eigenvalue weighted by molar-refractivity contribution is 14.0. The molecule has 0 amide bonds. The first-order valence-electron chi connectivity index (χ1n) is 6.53. The monoisotopic (exact) mass is 405 g/mol. The molecular formula is C15H21FIN3O. The first kappa shape index (κ1) is 19.5. The van der Waals surface area contributed by atoms with Crippen molar-refractivity contribution in [1.82, 2.24) is 10.6 Å². The lowest BCUT2D eigenvalue weighted by Gasteiger charge is -2.14. The van der Waals surface area contributed by atoms with Gasteiger partial charge in [0.25, 0.3) is 0 Å². The Bertz CT molecular complexity index is 488. The van der Waals surface area contributed by atoms with E-state index in [9.17, 15) is 4.39 Å². The molecular weight excluding hydrogens is 384 g/mol. The van der Waals surface area contributed by atoms with E-state index in [4.69, 9.17) is 11.2 Å². The molecule has 21 heavy (non-hydrogen) atoms. The van der Waals surface area contributed by atoms with Crippen molar-refractivity contribution in [3.05, 3.63) is 30.1 Å². The highest BCUT2D eigenvalue weighted by Crippen LogP contribution is 2.13. The zero-order valence-electron chi connectivity index (χ0n) is 12.2. The molecule has 1 aromatic carbocycles. The minimum atomic E-state index is -0.317. The van der Waals surface area contributed by atoms with Gasteiger partial charge in [-0.25, -0.2) is 9.38 Å². The molecule has 1 rings (SSSR count). The van der Waals surface area contributed by atoms with E-state index in [1.807, 2.05) is 13.8 Å². The molecule has 0 aliphatic rings. The highest BCUT2D eigenvalue weighted by Gasteiger charge is 2.05. The average Bonchev–Trinajstić information content (AvgIpc) is 2.42. The third-order valence-electron chi connectivity index (χ3n) is 2.34. The summed E-state index contributed by atoms with van der Waals surface area (Å²) in [6.07, 6.45) is 5.02. The van der Waals surface area contributed by atoms with Crippen LogP contribution in [0.3, 0.4) is 0 Å². The smallest absolute Gasteiger partial charge is 0.192 e. The molecule has 0 saturated carbocycles. The fourth-order valence-corrected chi connectivity index (χ4v) is 1.51. The summed E-state index contributed by atoms with van der Waals surface area (Å²) < 4.78 is 18.6. The van der Waals surface area contributed by atoms with Crippen LogP contribution in [-0.4, -0.2) is 31.7 Å². The van der Waals surface area contributed by atoms with Gasteiger partial charge in [0, 0.05) is 12.6 Å². The summed E-state index contributed by atoms with van der Waals surface area (Å²) in [6, 6.07) is 6.05. The second-order valence-electron chi connectivity index (χ2n) is 4.16. The van der Waals surface area contributed by atoms with Crippen LogP contribution in [0, 0.1) is 18.2 Å². The number of benzene rings is 1. The summed E-state index contributed by atoms with van der Waals surface area (Å²) in [4.78, 5) is 4.35. The van der Waals surface area contributed by atoms with E-state index >= 15 is 0 Å². The molecule has 1 aromatic rings. The molecule has 0 aliphatic heterocycles. The van der Waals surface area contributed by atoms with Crippen LogP contribution >= 0.6 is 24.0 Å². The maximum absolute atomic E-state index is 13.0. The molecule has 0 aromatic heterocycles. The van der Waals surface area contributed by atoms with Gasteiger partial charge >= 0.3 is 0 Å². The van der Waals surface area contributed by atoms with Crippen LogP contribution in [0.15, 0.2) is 29.3 Å². The molecule has 0 bridgehead atoms. The largest absolute Gasteiger partial charge is 0.489 e. The van der Waals surface area contributed by atoms with Crippen molar-refractivity contribution < 1.29 is 9.13 Å². The van der Waals surface area contributed by atoms with E-state index in [-0.39, 0.29) is 35.9 Å². The zero-order valence-corrected chi connectivity index (χ0v) is 14.6. The Morgan fingerprint density at radius 1 is 1.48 bits per heavy atom. The van der Waals surface area contributed by atoms with Gasteiger partial charge in [0.15, 0.2) is 5.96 Å². The first-order chi connectivity index (χ1) is 9.65. The second-order valence-corrected chi connectivity index (χ2v) is 4.16. The van der Waals surface area contributed by atoms with Gasteiger partial charge in [-0.15, -0.1) is 30.4 Å². The van der Waals surface area contributed by atoms with Gasteiger partial charge in [0.1, 0.15) is 17.7 Å². The summed E-state index contributed by atoms with van der Waals surface area (Å²) in [7, 11) is 0. The van der Waals surface area contributed by atoms with Gasteiger partial charge < -0.3 is 15.4 Å². The van der Waals surface area contributed by atoms with Crippen molar-refractivity contribution in [3.63, 3.8) is 0 Å². The number of ether oxygens (including phenoxy) is 1. The van der Waals surface area contributed by atoms with Crippen LogP contribution in [0.25, 0.3) is 0 Å². The van der Waals surface area contributed by atoms with Crippen LogP contribution in [0.5, 0.6) is 5.75 Å². The molecule has 4 nitrogen and oxygen atoms in total. The van der Waals surface area contributed by atoms with Gasteiger partial charge in [-0.3, -0.25) is 0 Å². The number of terminal acetylenes is 1. The molecule has 0 fully saturated rings. The lowest BCUT2D eigenvalue weighted by molar-refractivity contribution is 0.229. The molecule has 2 N–H and O–H groups in total. The van der Waals surface area contributed by atoms with E-state index in [1.165, 1.54) is 12.1 Å². The quantitative estimate of drug-likeness (QED) is 0.331. The second kappa shape index (κ2) is 11.2. The van der Waals surface area contributed by atoms with E-state index in [0.717, 1.165) is 6.54 Å². The van der Waals surface area contributed by atoms with E-state index in [1.54, 1.807) is 12.1 Å². The molecule has 0 radical (unpaired) electrons. The minimum absolute atomic E-state index is 0. The fraction of sp³-hybridized carbons (Fsp3) is 0.400. The molecule has 116 valence electrons. The standard InChI is InChI=1S/C15H20FN3O.HI/c1-4-9-18-15(17-5-2)19-11-12(3)20-14-8-6-7-13(16)10-14;/h1,6-8,10,12H,5,9,11H2,2-3H3,(H2,17,18,19);1H. The molecule has 0 heterocycles. The first-order valence-corrected chi connectivity index (χ1v) is 6.53. The maximum Gasteiger partial charge on any atom is 0.192 e. The van der Waals surface area contributed by atoms with Gasteiger partial charge in [0.05, 0.1) is 13.1 Å². The maximum atomic E-state index is 13.0.